The molecule has 0 aliphatic rings. The number of nitrogens with one attached hydrogen (secondary N) is 1. The Morgan fingerprint density at radius 1 is 1.29 bits per heavy atom. The molecule has 0 fully saturated rings. The van der Waals surface area contributed by atoms with E-state index in [-0.39, 0.29) is 24.3 Å². The van der Waals surface area contributed by atoms with Crippen LogP contribution in [-0.2, 0) is 4.79 Å². The first-order chi connectivity index (χ1) is 6.36. The maximum atomic E-state index is 11.4. The van der Waals surface area contributed by atoms with E-state index in [1.807, 2.05) is 27.7 Å². The first kappa shape index (κ1) is 13.4. The normalized spacial score (nSPS) is 15.7. The molecule has 0 bridgehead atoms. The molecule has 0 aromatic heterocycles. The van der Waals surface area contributed by atoms with E-state index in [1.54, 1.807) is 0 Å². The van der Waals surface area contributed by atoms with Gasteiger partial charge in [-0.25, -0.2) is 0 Å². The zero-order chi connectivity index (χ0) is 11.3. The lowest BCUT2D eigenvalue weighted by molar-refractivity contribution is -0.123. The van der Waals surface area contributed by atoms with Crippen molar-refractivity contribution >= 4 is 5.91 Å². The molecule has 0 heterocycles. The zero-order valence-electron chi connectivity index (χ0n) is 9.45. The number of hydrogen-bond donors (Lipinski definition) is 3. The second-order valence-corrected chi connectivity index (χ2v) is 4.33. The van der Waals surface area contributed by atoms with Gasteiger partial charge in [-0.15, -0.1) is 0 Å². The highest BCUT2D eigenvalue weighted by Gasteiger charge is 2.18. The van der Waals surface area contributed by atoms with Crippen LogP contribution < -0.4 is 11.1 Å². The van der Waals surface area contributed by atoms with E-state index in [0.717, 1.165) is 0 Å². The van der Waals surface area contributed by atoms with Crippen LogP contribution in [0.25, 0.3) is 0 Å². The first-order valence-corrected chi connectivity index (χ1v) is 5.07. The molecule has 4 heteroatoms. The van der Waals surface area contributed by atoms with Crippen molar-refractivity contribution in [3.63, 3.8) is 0 Å². The van der Waals surface area contributed by atoms with E-state index >= 15 is 0 Å². The van der Waals surface area contributed by atoms with Crippen molar-refractivity contribution in [2.24, 2.45) is 17.6 Å². The number of hydrogen-bond acceptors (Lipinski definition) is 3. The van der Waals surface area contributed by atoms with E-state index in [2.05, 4.69) is 5.32 Å². The van der Waals surface area contributed by atoms with Gasteiger partial charge < -0.3 is 16.2 Å². The number of carbonyl (C=O) groups excluding carboxylic acids is 1. The Morgan fingerprint density at radius 2 is 1.79 bits per heavy atom. The summed E-state index contributed by atoms with van der Waals surface area (Å²) in [5, 5.41) is 12.1. The van der Waals surface area contributed by atoms with Crippen LogP contribution in [0, 0.1) is 11.8 Å². The van der Waals surface area contributed by atoms with Gasteiger partial charge >= 0.3 is 0 Å². The monoisotopic (exact) mass is 202 g/mol. The van der Waals surface area contributed by atoms with Crippen LogP contribution in [0.15, 0.2) is 0 Å². The molecule has 84 valence electrons. The number of aliphatic hydroxyl groups excluding tert-OH is 1. The van der Waals surface area contributed by atoms with Crippen molar-refractivity contribution in [3.8, 4) is 0 Å². The van der Waals surface area contributed by atoms with Crippen LogP contribution >= 0.6 is 0 Å². The molecule has 0 radical (unpaired) electrons. The van der Waals surface area contributed by atoms with Crippen molar-refractivity contribution in [2.75, 3.05) is 6.54 Å². The third kappa shape index (κ3) is 4.58. The summed E-state index contributed by atoms with van der Waals surface area (Å²) in [6, 6.07) is -0.491. The molecule has 0 aromatic rings. The van der Waals surface area contributed by atoms with E-state index in [0.29, 0.717) is 0 Å². The lowest BCUT2D eigenvalue weighted by Crippen LogP contribution is -2.46. The number of rotatable bonds is 5. The van der Waals surface area contributed by atoms with E-state index in [9.17, 15) is 9.90 Å². The largest absolute Gasteiger partial charge is 0.391 e. The quantitative estimate of drug-likeness (QED) is 0.592. The van der Waals surface area contributed by atoms with Crippen LogP contribution in [0.1, 0.15) is 27.7 Å². The predicted molar refractivity (Wildman–Crippen MR) is 56.7 cm³/mol. The van der Waals surface area contributed by atoms with Crippen LogP contribution in [-0.4, -0.2) is 29.7 Å². The molecule has 4 N–H and O–H groups in total. The molecular formula is C10H22N2O2. The summed E-state index contributed by atoms with van der Waals surface area (Å²) < 4.78 is 0. The Labute approximate surface area is 85.9 Å². The number of amides is 1. The predicted octanol–water partition coefficient (Wildman–Crippen LogP) is 0.103. The summed E-state index contributed by atoms with van der Waals surface area (Å²) in [5.41, 5.74) is 5.63. The topological polar surface area (TPSA) is 75.3 Å². The summed E-state index contributed by atoms with van der Waals surface area (Å²) in [6.45, 7) is 7.86. The Kier molecular flexibility index (Phi) is 5.72. The number of carbonyl (C=O) groups is 1. The van der Waals surface area contributed by atoms with Crippen molar-refractivity contribution in [1.29, 1.82) is 0 Å². The van der Waals surface area contributed by atoms with Crippen LogP contribution in [0.5, 0.6) is 0 Å². The lowest BCUT2D eigenvalue weighted by Gasteiger charge is -2.19. The maximum Gasteiger partial charge on any atom is 0.237 e. The minimum absolute atomic E-state index is 0.117. The Bertz CT molecular complexity index is 181. The summed E-state index contributed by atoms with van der Waals surface area (Å²) in [5.74, 6) is 0.0662. The zero-order valence-corrected chi connectivity index (χ0v) is 9.45. The highest BCUT2D eigenvalue weighted by molar-refractivity contribution is 5.81. The van der Waals surface area contributed by atoms with Gasteiger partial charge in [-0.2, -0.15) is 0 Å². The van der Waals surface area contributed by atoms with Gasteiger partial charge in [0.15, 0.2) is 0 Å². The summed E-state index contributed by atoms with van der Waals surface area (Å²) in [6.07, 6.45) is -0.502. The third-order valence-corrected chi connectivity index (χ3v) is 2.28. The van der Waals surface area contributed by atoms with Gasteiger partial charge in [-0.05, 0) is 11.8 Å². The van der Waals surface area contributed by atoms with Gasteiger partial charge in [0.1, 0.15) is 0 Å². The van der Waals surface area contributed by atoms with Crippen LogP contribution in [0.4, 0.5) is 0 Å². The molecule has 0 aliphatic heterocycles. The molecule has 4 nitrogen and oxygen atoms in total. The van der Waals surface area contributed by atoms with Gasteiger partial charge in [0, 0.05) is 6.54 Å². The highest BCUT2D eigenvalue weighted by Crippen LogP contribution is 2.01. The van der Waals surface area contributed by atoms with Gasteiger partial charge in [-0.3, -0.25) is 4.79 Å². The first-order valence-electron chi connectivity index (χ1n) is 5.07. The molecule has 0 saturated heterocycles. The van der Waals surface area contributed by atoms with Gasteiger partial charge in [0.05, 0.1) is 12.1 Å². The summed E-state index contributed by atoms with van der Waals surface area (Å²) in [4.78, 5) is 11.4. The SMILES string of the molecule is CC(C)C(O)CNC(=O)[C@H](N)C(C)C. The average Bonchev–Trinajstić information content (AvgIpc) is 2.11. The lowest BCUT2D eigenvalue weighted by atomic mass is 10.0. The molecule has 0 aromatic carbocycles. The second kappa shape index (κ2) is 5.98. The Morgan fingerprint density at radius 3 is 2.14 bits per heavy atom. The molecule has 0 spiro atoms. The molecule has 14 heavy (non-hydrogen) atoms. The fourth-order valence-electron chi connectivity index (χ4n) is 0.861. The van der Waals surface area contributed by atoms with Crippen molar-refractivity contribution in [1.82, 2.24) is 5.32 Å². The average molecular weight is 202 g/mol. The van der Waals surface area contributed by atoms with Crippen LogP contribution in [0.2, 0.25) is 0 Å². The van der Waals surface area contributed by atoms with E-state index in [1.165, 1.54) is 0 Å². The van der Waals surface area contributed by atoms with Crippen molar-refractivity contribution in [2.45, 2.75) is 39.8 Å². The smallest absolute Gasteiger partial charge is 0.237 e. The minimum atomic E-state index is -0.502. The molecule has 0 aliphatic carbocycles. The Hall–Kier alpha value is -0.610. The fourth-order valence-corrected chi connectivity index (χ4v) is 0.861. The summed E-state index contributed by atoms with van der Waals surface area (Å²) in [7, 11) is 0. The van der Waals surface area contributed by atoms with Gasteiger partial charge in [-0.1, -0.05) is 27.7 Å². The number of aliphatic hydroxyl groups is 1. The van der Waals surface area contributed by atoms with Crippen molar-refractivity contribution in [3.05, 3.63) is 0 Å². The molecule has 1 unspecified atom stereocenters. The van der Waals surface area contributed by atoms with Crippen molar-refractivity contribution < 1.29 is 9.90 Å². The molecule has 2 atom stereocenters. The minimum Gasteiger partial charge on any atom is -0.391 e. The Balaban J connectivity index is 3.85. The third-order valence-electron chi connectivity index (χ3n) is 2.28. The van der Waals surface area contributed by atoms with Crippen LogP contribution in [0.3, 0.4) is 0 Å². The van der Waals surface area contributed by atoms with Gasteiger partial charge in [0.25, 0.3) is 0 Å². The molecule has 1 amide bonds. The molecule has 0 saturated carbocycles. The number of nitrogens with two attached hydrogens (primary N) is 1. The second-order valence-electron chi connectivity index (χ2n) is 4.33. The van der Waals surface area contributed by atoms with Gasteiger partial charge in [0.2, 0.25) is 5.91 Å². The molecular weight excluding hydrogens is 180 g/mol. The molecule has 0 rings (SSSR count). The summed E-state index contributed by atoms with van der Waals surface area (Å²) >= 11 is 0. The maximum absolute atomic E-state index is 11.4. The standard InChI is InChI=1S/C10H22N2O2/c1-6(2)8(13)5-12-10(14)9(11)7(3)4/h6-9,13H,5,11H2,1-4H3,(H,12,14)/t8?,9-/m1/s1. The highest BCUT2D eigenvalue weighted by atomic mass is 16.3. The fraction of sp³-hybridized carbons (Fsp3) is 0.900. The van der Waals surface area contributed by atoms with E-state index in [4.69, 9.17) is 5.73 Å². The van der Waals surface area contributed by atoms with E-state index < -0.39 is 12.1 Å².